The fourth-order valence-corrected chi connectivity index (χ4v) is 3.74. The van der Waals surface area contributed by atoms with Gasteiger partial charge in [-0.2, -0.15) is 18.3 Å². The first-order chi connectivity index (χ1) is 15.4. The highest BCUT2D eigenvalue weighted by molar-refractivity contribution is 7.89. The van der Waals surface area contributed by atoms with Crippen LogP contribution < -0.4 is 5.14 Å². The predicted molar refractivity (Wildman–Crippen MR) is 117 cm³/mol. The van der Waals surface area contributed by atoms with E-state index in [9.17, 15) is 21.6 Å². The van der Waals surface area contributed by atoms with Gasteiger partial charge >= 0.3 is 6.18 Å². The summed E-state index contributed by atoms with van der Waals surface area (Å²) in [5, 5.41) is 9.28. The largest absolute Gasteiger partial charge is 0.433 e. The number of nitrogens with two attached hydrogens (primary N) is 1. The number of primary sulfonamides is 1. The van der Waals surface area contributed by atoms with Gasteiger partial charge in [-0.3, -0.25) is 0 Å². The van der Waals surface area contributed by atoms with Crippen molar-refractivity contribution >= 4 is 38.9 Å². The van der Waals surface area contributed by atoms with Gasteiger partial charge in [0.25, 0.3) is 0 Å². The van der Waals surface area contributed by atoms with Crippen molar-refractivity contribution in [1.82, 2.24) is 14.6 Å². The normalized spacial score (nSPS) is 11.9. The van der Waals surface area contributed by atoms with Gasteiger partial charge in [0, 0.05) is 11.1 Å². The highest BCUT2D eigenvalue weighted by atomic mass is 35.5. The second-order valence-electron chi connectivity index (χ2n) is 6.77. The van der Waals surface area contributed by atoms with Crippen molar-refractivity contribution in [3.63, 3.8) is 0 Å². The minimum atomic E-state index is -4.72. The summed E-state index contributed by atoms with van der Waals surface area (Å²) < 4.78 is 64.5. The molecule has 0 amide bonds. The highest BCUT2D eigenvalue weighted by Gasteiger charge is 2.35. The van der Waals surface area contributed by atoms with Crippen LogP contribution in [0.25, 0.3) is 16.9 Å². The molecule has 168 valence electrons. The average molecular weight is 511 g/mol. The molecule has 0 saturated heterocycles. The Morgan fingerprint density at radius 2 is 1.67 bits per heavy atom. The van der Waals surface area contributed by atoms with Crippen LogP contribution in [-0.2, 0) is 16.2 Å². The van der Waals surface area contributed by atoms with E-state index in [1.165, 1.54) is 48.7 Å². The molecule has 0 atom stereocenters. The maximum atomic E-state index is 13.7. The number of halogens is 5. The van der Waals surface area contributed by atoms with Gasteiger partial charge < -0.3 is 0 Å². The first-order valence-corrected chi connectivity index (χ1v) is 11.3. The first kappa shape index (κ1) is 23.1. The van der Waals surface area contributed by atoms with E-state index in [0.717, 1.165) is 6.07 Å². The van der Waals surface area contributed by atoms with Crippen LogP contribution in [0.5, 0.6) is 0 Å². The molecule has 2 aromatic heterocycles. The molecule has 2 aromatic carbocycles. The monoisotopic (exact) mass is 510 g/mol. The predicted octanol–water partition coefficient (Wildman–Crippen LogP) is 4.77. The molecule has 2 heterocycles. The number of rotatable bonds is 2. The third-order valence-corrected chi connectivity index (χ3v) is 6.17. The second-order valence-corrected chi connectivity index (χ2v) is 9.14. The van der Waals surface area contributed by atoms with Gasteiger partial charge in [0.15, 0.2) is 11.3 Å². The summed E-state index contributed by atoms with van der Waals surface area (Å²) in [7, 11) is -3.86. The molecule has 0 saturated carbocycles. The third-order valence-electron chi connectivity index (χ3n) is 4.50. The van der Waals surface area contributed by atoms with Gasteiger partial charge in [-0.15, -0.1) is 0 Å². The van der Waals surface area contributed by atoms with Crippen LogP contribution in [0.15, 0.2) is 59.6 Å². The molecular weight excluding hydrogens is 500 g/mol. The molecule has 0 aliphatic heterocycles. The van der Waals surface area contributed by atoms with E-state index < -0.39 is 21.9 Å². The lowest BCUT2D eigenvalue weighted by Gasteiger charge is -2.11. The van der Waals surface area contributed by atoms with E-state index in [0.29, 0.717) is 15.6 Å². The van der Waals surface area contributed by atoms with Crippen LogP contribution in [0.4, 0.5) is 13.2 Å². The average Bonchev–Trinajstić information content (AvgIpc) is 3.15. The van der Waals surface area contributed by atoms with Crippen molar-refractivity contribution in [2.45, 2.75) is 11.1 Å². The molecule has 0 fully saturated rings. The summed E-state index contributed by atoms with van der Waals surface area (Å²) in [4.78, 5) is 4.22. The number of alkyl halides is 3. The quantitative estimate of drug-likeness (QED) is 0.393. The Bertz CT molecular complexity index is 1550. The first-order valence-electron chi connectivity index (χ1n) is 9.00. The Morgan fingerprint density at radius 1 is 0.970 bits per heavy atom. The van der Waals surface area contributed by atoms with Gasteiger partial charge in [-0.05, 0) is 42.5 Å². The summed E-state index contributed by atoms with van der Waals surface area (Å²) in [6.07, 6.45) is -3.55. The third kappa shape index (κ3) is 4.82. The zero-order valence-electron chi connectivity index (χ0n) is 16.2. The van der Waals surface area contributed by atoms with Crippen LogP contribution in [0.1, 0.15) is 16.8 Å². The molecule has 0 unspecified atom stereocenters. The fourth-order valence-electron chi connectivity index (χ4n) is 2.92. The second kappa shape index (κ2) is 8.35. The zero-order valence-corrected chi connectivity index (χ0v) is 18.6. The Morgan fingerprint density at radius 3 is 2.27 bits per heavy atom. The molecule has 0 aliphatic rings. The number of fused-ring (bicyclic) bond motifs is 1. The molecule has 4 rings (SSSR count). The van der Waals surface area contributed by atoms with E-state index >= 15 is 0 Å². The molecule has 12 heteroatoms. The summed E-state index contributed by atoms with van der Waals surface area (Å²) in [6, 6.07) is 10.6. The van der Waals surface area contributed by atoms with Crippen molar-refractivity contribution in [3.8, 4) is 23.1 Å². The van der Waals surface area contributed by atoms with Gasteiger partial charge in [0.1, 0.15) is 0 Å². The molecule has 0 aliphatic carbocycles. The van der Waals surface area contributed by atoms with Crippen LogP contribution in [0.3, 0.4) is 0 Å². The van der Waals surface area contributed by atoms with Crippen molar-refractivity contribution < 1.29 is 21.6 Å². The van der Waals surface area contributed by atoms with Gasteiger partial charge in [0.05, 0.1) is 32.4 Å². The number of sulfonamides is 1. The van der Waals surface area contributed by atoms with Crippen LogP contribution in [-0.4, -0.2) is 23.0 Å². The van der Waals surface area contributed by atoms with Gasteiger partial charge in [0.2, 0.25) is 10.0 Å². The minimum Gasteiger partial charge on any atom is -0.227 e. The van der Waals surface area contributed by atoms with Crippen molar-refractivity contribution in [2.75, 3.05) is 0 Å². The molecule has 0 radical (unpaired) electrons. The van der Waals surface area contributed by atoms with Crippen LogP contribution in [0, 0.1) is 11.8 Å². The minimum absolute atomic E-state index is 0.00875. The molecule has 0 bridgehead atoms. The molecule has 0 spiro atoms. The molecule has 6 nitrogen and oxygen atoms in total. The van der Waals surface area contributed by atoms with E-state index in [2.05, 4.69) is 21.9 Å². The molecule has 33 heavy (non-hydrogen) atoms. The highest BCUT2D eigenvalue weighted by Crippen LogP contribution is 2.34. The van der Waals surface area contributed by atoms with E-state index in [1.807, 2.05) is 0 Å². The number of hydrogen-bond acceptors (Lipinski definition) is 4. The molecular formula is C21H11Cl2F3N4O2S. The van der Waals surface area contributed by atoms with Crippen LogP contribution >= 0.6 is 23.2 Å². The summed E-state index contributed by atoms with van der Waals surface area (Å²) >= 11 is 11.9. The number of nitrogens with zero attached hydrogens (tertiary/aromatic N) is 3. The molecule has 4 aromatic rings. The lowest BCUT2D eigenvalue weighted by atomic mass is 10.1. The fraction of sp³-hybridized carbons (Fsp3) is 0.0476. The summed E-state index contributed by atoms with van der Waals surface area (Å²) in [5.41, 5.74) is -0.263. The Balaban J connectivity index is 1.84. The Hall–Kier alpha value is -3.10. The standard InChI is InChI=1S/C21H11Cl2F3N4O2S/c22-16-8-5-13(9-17(16)23)18-10-19(21(24,25)26)30-20(29-18)14(11-28-30)4-1-12-2-6-15(7-3-12)33(27,31)32/h2-3,5-11H,(H2,27,31,32). The van der Waals surface area contributed by atoms with E-state index in [1.54, 1.807) is 0 Å². The number of hydrogen-bond donors (Lipinski definition) is 1. The maximum Gasteiger partial charge on any atom is 0.433 e. The SMILES string of the molecule is NS(=O)(=O)c1ccc(C#Cc2cnn3c(C(F)(F)F)cc(-c4ccc(Cl)c(Cl)c4)nc23)cc1. The molecule has 2 N–H and O–H groups in total. The smallest absolute Gasteiger partial charge is 0.227 e. The van der Waals surface area contributed by atoms with E-state index in [-0.39, 0.29) is 31.8 Å². The zero-order chi connectivity index (χ0) is 24.0. The lowest BCUT2D eigenvalue weighted by molar-refractivity contribution is -0.142. The van der Waals surface area contributed by atoms with Crippen molar-refractivity contribution in [2.24, 2.45) is 5.14 Å². The summed E-state index contributed by atoms with van der Waals surface area (Å²) in [5.74, 6) is 5.48. The number of benzene rings is 2. The summed E-state index contributed by atoms with van der Waals surface area (Å²) in [6.45, 7) is 0. The number of aromatic nitrogens is 3. The van der Waals surface area contributed by atoms with E-state index in [4.69, 9.17) is 28.3 Å². The Kier molecular flexibility index (Phi) is 5.84. The van der Waals surface area contributed by atoms with Gasteiger partial charge in [-0.1, -0.05) is 41.1 Å². The van der Waals surface area contributed by atoms with Crippen molar-refractivity contribution in [1.29, 1.82) is 0 Å². The van der Waals surface area contributed by atoms with Crippen LogP contribution in [0.2, 0.25) is 10.0 Å². The topological polar surface area (TPSA) is 90.4 Å². The maximum absolute atomic E-state index is 13.7. The van der Waals surface area contributed by atoms with Crippen molar-refractivity contribution in [3.05, 3.63) is 81.6 Å². The Labute approximate surface area is 195 Å². The van der Waals surface area contributed by atoms with Gasteiger partial charge in [-0.25, -0.2) is 23.1 Å². The lowest BCUT2D eigenvalue weighted by Crippen LogP contribution is -2.13.